The van der Waals surface area contributed by atoms with Crippen molar-refractivity contribution in [2.45, 2.75) is 6.92 Å². The zero-order valence-corrected chi connectivity index (χ0v) is 12.2. The Morgan fingerprint density at radius 3 is 2.86 bits per heavy atom. The second kappa shape index (κ2) is 7.12. The Balaban J connectivity index is 2.13. The van der Waals surface area contributed by atoms with Crippen LogP contribution in [-0.4, -0.2) is 28.2 Å². The van der Waals surface area contributed by atoms with E-state index in [1.165, 1.54) is 19.2 Å². The minimum atomic E-state index is -0.371. The van der Waals surface area contributed by atoms with Crippen LogP contribution >= 0.6 is 0 Å². The number of carbonyl (C=O) groups is 2. The van der Waals surface area contributed by atoms with Gasteiger partial charge in [0.25, 0.3) is 5.91 Å². The van der Waals surface area contributed by atoms with E-state index in [4.69, 9.17) is 0 Å². The number of benzene rings is 1. The Morgan fingerprint density at radius 1 is 1.32 bits per heavy atom. The highest BCUT2D eigenvalue weighted by Crippen LogP contribution is 2.12. The van der Waals surface area contributed by atoms with Crippen LogP contribution in [0.1, 0.15) is 27.8 Å². The summed E-state index contributed by atoms with van der Waals surface area (Å²) in [5.74, 6) is -0.0798. The van der Waals surface area contributed by atoms with Crippen molar-refractivity contribution in [3.63, 3.8) is 0 Å². The first-order valence-corrected chi connectivity index (χ1v) is 6.70. The molecule has 112 valence electrons. The van der Waals surface area contributed by atoms with Gasteiger partial charge in [0, 0.05) is 24.0 Å². The first kappa shape index (κ1) is 15.4. The number of hydrogen-bond acceptors (Lipinski definition) is 5. The van der Waals surface area contributed by atoms with Gasteiger partial charge in [0.15, 0.2) is 5.78 Å². The minimum Gasteiger partial charge on any atom is -0.351 e. The molecule has 0 aliphatic heterocycles. The van der Waals surface area contributed by atoms with Crippen molar-refractivity contribution in [3.05, 3.63) is 60.4 Å². The third-order valence-corrected chi connectivity index (χ3v) is 2.82. The zero-order chi connectivity index (χ0) is 15.9. The molecular weight excluding hydrogens is 280 g/mol. The van der Waals surface area contributed by atoms with Crippen LogP contribution in [0.3, 0.4) is 0 Å². The van der Waals surface area contributed by atoms with Crippen LogP contribution < -0.4 is 10.6 Å². The Bertz CT molecular complexity index is 713. The maximum atomic E-state index is 12.2. The van der Waals surface area contributed by atoms with Crippen molar-refractivity contribution in [2.75, 3.05) is 17.2 Å². The van der Waals surface area contributed by atoms with E-state index >= 15 is 0 Å². The molecular formula is C16H16N4O2. The first-order valence-electron chi connectivity index (χ1n) is 6.70. The monoisotopic (exact) mass is 296 g/mol. The Labute approximate surface area is 128 Å². The van der Waals surface area contributed by atoms with Gasteiger partial charge in [0.05, 0.1) is 0 Å². The summed E-state index contributed by atoms with van der Waals surface area (Å²) in [6, 6.07) is 8.26. The summed E-state index contributed by atoms with van der Waals surface area (Å²) in [5.41, 5.74) is 1.31. The molecule has 1 heterocycles. The van der Waals surface area contributed by atoms with Gasteiger partial charge in [-0.15, -0.1) is 6.58 Å². The fourth-order valence-electron chi connectivity index (χ4n) is 1.74. The highest BCUT2D eigenvalue weighted by molar-refractivity contribution is 6.04. The molecule has 1 amide bonds. The lowest BCUT2D eigenvalue weighted by Gasteiger charge is -2.07. The molecule has 1 aromatic carbocycles. The summed E-state index contributed by atoms with van der Waals surface area (Å²) >= 11 is 0. The van der Waals surface area contributed by atoms with Crippen molar-refractivity contribution in [1.29, 1.82) is 0 Å². The summed E-state index contributed by atoms with van der Waals surface area (Å²) in [7, 11) is 0. The Morgan fingerprint density at radius 2 is 2.14 bits per heavy atom. The van der Waals surface area contributed by atoms with E-state index in [1.54, 1.807) is 30.3 Å². The number of Topliss-reactive ketones (excluding diaryl/α,β-unsaturated/α-hetero) is 1. The maximum absolute atomic E-state index is 12.2. The molecule has 2 N–H and O–H groups in total. The number of anilines is 2. The molecule has 0 aliphatic rings. The van der Waals surface area contributed by atoms with Crippen LogP contribution in [0.15, 0.2) is 49.2 Å². The van der Waals surface area contributed by atoms with Crippen LogP contribution in [0.2, 0.25) is 0 Å². The van der Waals surface area contributed by atoms with E-state index in [2.05, 4.69) is 27.2 Å². The van der Waals surface area contributed by atoms with Crippen molar-refractivity contribution in [1.82, 2.24) is 9.97 Å². The number of rotatable bonds is 6. The van der Waals surface area contributed by atoms with Gasteiger partial charge in [-0.2, -0.15) is 0 Å². The van der Waals surface area contributed by atoms with Gasteiger partial charge in [0.1, 0.15) is 5.69 Å². The van der Waals surface area contributed by atoms with Gasteiger partial charge >= 0.3 is 0 Å². The molecule has 0 saturated carbocycles. The number of ketones is 1. The topological polar surface area (TPSA) is 84.0 Å². The van der Waals surface area contributed by atoms with E-state index in [-0.39, 0.29) is 17.4 Å². The number of carbonyl (C=O) groups excluding carboxylic acids is 2. The van der Waals surface area contributed by atoms with Crippen molar-refractivity contribution < 1.29 is 9.59 Å². The summed E-state index contributed by atoms with van der Waals surface area (Å²) in [4.78, 5) is 31.7. The number of nitrogens with zero attached hydrogens (tertiary/aromatic N) is 2. The molecule has 2 aromatic rings. The SMILES string of the molecule is C=CCNc1nccc(C(=O)Nc2cccc(C(C)=O)c2)n1. The van der Waals surface area contributed by atoms with Gasteiger partial charge in [-0.3, -0.25) is 9.59 Å². The predicted molar refractivity (Wildman–Crippen MR) is 85.1 cm³/mol. The molecule has 1 aromatic heterocycles. The summed E-state index contributed by atoms with van der Waals surface area (Å²) in [6.45, 7) is 5.57. The van der Waals surface area contributed by atoms with Crippen LogP contribution in [0, 0.1) is 0 Å². The second-order valence-corrected chi connectivity index (χ2v) is 4.53. The molecule has 22 heavy (non-hydrogen) atoms. The quantitative estimate of drug-likeness (QED) is 0.632. The Hall–Kier alpha value is -3.02. The number of aromatic nitrogens is 2. The lowest BCUT2D eigenvalue weighted by Crippen LogP contribution is -2.15. The molecule has 0 saturated heterocycles. The van der Waals surface area contributed by atoms with E-state index < -0.39 is 0 Å². The van der Waals surface area contributed by atoms with Gasteiger partial charge in [-0.25, -0.2) is 9.97 Å². The van der Waals surface area contributed by atoms with Crippen LogP contribution in [0.4, 0.5) is 11.6 Å². The average Bonchev–Trinajstić information content (AvgIpc) is 2.53. The molecule has 0 atom stereocenters. The standard InChI is InChI=1S/C16H16N4O2/c1-3-8-17-16-18-9-7-14(20-16)15(22)19-13-6-4-5-12(10-13)11(2)21/h3-7,9-10H,1,8H2,2H3,(H,19,22)(H,17,18,20). The molecule has 0 fully saturated rings. The zero-order valence-electron chi connectivity index (χ0n) is 12.2. The molecule has 2 rings (SSSR count). The molecule has 0 aliphatic carbocycles. The molecule has 0 spiro atoms. The molecule has 0 radical (unpaired) electrons. The second-order valence-electron chi connectivity index (χ2n) is 4.53. The number of hydrogen-bond donors (Lipinski definition) is 2. The van der Waals surface area contributed by atoms with Crippen LogP contribution in [0.25, 0.3) is 0 Å². The third-order valence-electron chi connectivity index (χ3n) is 2.82. The molecule has 6 heteroatoms. The van der Waals surface area contributed by atoms with E-state index in [1.807, 2.05) is 0 Å². The highest BCUT2D eigenvalue weighted by Gasteiger charge is 2.10. The predicted octanol–water partition coefficient (Wildman–Crippen LogP) is 2.53. The smallest absolute Gasteiger partial charge is 0.274 e. The normalized spacial score (nSPS) is 9.86. The summed E-state index contributed by atoms with van der Waals surface area (Å²) in [6.07, 6.45) is 3.17. The third kappa shape index (κ3) is 3.99. The maximum Gasteiger partial charge on any atom is 0.274 e. The Kier molecular flexibility index (Phi) is 4.98. The summed E-state index contributed by atoms with van der Waals surface area (Å²) in [5, 5.41) is 5.62. The van der Waals surface area contributed by atoms with E-state index in [0.717, 1.165) is 0 Å². The van der Waals surface area contributed by atoms with Gasteiger partial charge < -0.3 is 10.6 Å². The van der Waals surface area contributed by atoms with Crippen LogP contribution in [0.5, 0.6) is 0 Å². The average molecular weight is 296 g/mol. The van der Waals surface area contributed by atoms with Crippen molar-refractivity contribution in [2.24, 2.45) is 0 Å². The highest BCUT2D eigenvalue weighted by atomic mass is 16.2. The van der Waals surface area contributed by atoms with Gasteiger partial charge in [-0.1, -0.05) is 18.2 Å². The first-order chi connectivity index (χ1) is 10.6. The number of nitrogens with one attached hydrogen (secondary N) is 2. The lowest BCUT2D eigenvalue weighted by molar-refractivity contribution is 0.100. The van der Waals surface area contributed by atoms with E-state index in [9.17, 15) is 9.59 Å². The fraction of sp³-hybridized carbons (Fsp3) is 0.125. The molecule has 0 bridgehead atoms. The molecule has 0 unspecified atom stereocenters. The van der Waals surface area contributed by atoms with E-state index in [0.29, 0.717) is 23.7 Å². The number of amides is 1. The lowest BCUT2D eigenvalue weighted by atomic mass is 10.1. The van der Waals surface area contributed by atoms with Crippen LogP contribution in [-0.2, 0) is 0 Å². The van der Waals surface area contributed by atoms with Gasteiger partial charge in [-0.05, 0) is 25.1 Å². The summed E-state index contributed by atoms with van der Waals surface area (Å²) < 4.78 is 0. The fourth-order valence-corrected chi connectivity index (χ4v) is 1.74. The largest absolute Gasteiger partial charge is 0.351 e. The van der Waals surface area contributed by atoms with Crippen molar-refractivity contribution >= 4 is 23.3 Å². The minimum absolute atomic E-state index is 0.0611. The van der Waals surface area contributed by atoms with Crippen molar-refractivity contribution in [3.8, 4) is 0 Å². The molecule has 6 nitrogen and oxygen atoms in total. The van der Waals surface area contributed by atoms with Gasteiger partial charge in [0.2, 0.25) is 5.95 Å².